The van der Waals surface area contributed by atoms with Gasteiger partial charge in [0.1, 0.15) is 5.75 Å². The molecule has 0 saturated heterocycles. The molecular weight excluding hydrogens is 290 g/mol. The van der Waals surface area contributed by atoms with Crippen LogP contribution in [0.15, 0.2) is 47.5 Å². The van der Waals surface area contributed by atoms with E-state index in [1.165, 1.54) is 16.3 Å². The van der Waals surface area contributed by atoms with Gasteiger partial charge in [-0.15, -0.1) is 0 Å². The van der Waals surface area contributed by atoms with Gasteiger partial charge in [-0.05, 0) is 16.8 Å². The summed E-state index contributed by atoms with van der Waals surface area (Å²) in [4.78, 5) is 0. The maximum atomic E-state index is 5.44. The summed E-state index contributed by atoms with van der Waals surface area (Å²) in [6, 6.07) is 12.4. The molecule has 0 spiro atoms. The van der Waals surface area contributed by atoms with E-state index in [0.717, 1.165) is 23.3 Å². The van der Waals surface area contributed by atoms with Crippen molar-refractivity contribution < 1.29 is 4.74 Å². The maximum absolute atomic E-state index is 5.44. The Morgan fingerprint density at radius 1 is 1.28 bits per heavy atom. The van der Waals surface area contributed by atoms with Crippen LogP contribution in [0, 0.1) is 0 Å². The highest BCUT2D eigenvalue weighted by molar-refractivity contribution is 9.11. The van der Waals surface area contributed by atoms with Gasteiger partial charge >= 0.3 is 0 Å². The fraction of sp³-hybridized carbons (Fsp3) is 0.200. The van der Waals surface area contributed by atoms with Crippen LogP contribution < -0.4 is 10.1 Å². The molecule has 3 heteroatoms. The third-order valence-corrected chi connectivity index (χ3v) is 3.12. The van der Waals surface area contributed by atoms with Crippen molar-refractivity contribution in [2.75, 3.05) is 13.7 Å². The van der Waals surface area contributed by atoms with Gasteiger partial charge in [0.25, 0.3) is 0 Å². The van der Waals surface area contributed by atoms with E-state index in [4.69, 9.17) is 4.74 Å². The monoisotopic (exact) mass is 305 g/mol. The van der Waals surface area contributed by atoms with Crippen LogP contribution in [0.3, 0.4) is 0 Å². The summed E-state index contributed by atoms with van der Waals surface area (Å²) in [5.41, 5.74) is 1.18. The predicted octanol–water partition coefficient (Wildman–Crippen LogP) is 3.85. The zero-order valence-electron chi connectivity index (χ0n) is 10.4. The molecule has 2 rings (SSSR count). The predicted molar refractivity (Wildman–Crippen MR) is 80.3 cm³/mol. The zero-order valence-corrected chi connectivity index (χ0v) is 12.0. The van der Waals surface area contributed by atoms with Crippen LogP contribution in [0.25, 0.3) is 10.8 Å². The van der Waals surface area contributed by atoms with Gasteiger partial charge in [-0.2, -0.15) is 0 Å². The molecule has 2 nitrogen and oxygen atoms in total. The number of methoxy groups -OCH3 is 1. The first-order valence-electron chi connectivity index (χ1n) is 5.81. The molecule has 0 bridgehead atoms. The lowest BCUT2D eigenvalue weighted by Gasteiger charge is -2.12. The number of hydrogen-bond donors (Lipinski definition) is 1. The van der Waals surface area contributed by atoms with Crippen molar-refractivity contribution in [2.24, 2.45) is 0 Å². The molecule has 0 amide bonds. The molecule has 0 aliphatic rings. The SMILES string of the molecule is C=C(Br)CNCc1c(OC)ccc2ccccc12. The molecular formula is C15H16BrNO. The molecule has 0 aliphatic heterocycles. The van der Waals surface area contributed by atoms with Crippen molar-refractivity contribution in [1.82, 2.24) is 5.32 Å². The number of rotatable bonds is 5. The average molecular weight is 306 g/mol. The largest absolute Gasteiger partial charge is 0.496 e. The highest BCUT2D eigenvalue weighted by Crippen LogP contribution is 2.27. The van der Waals surface area contributed by atoms with E-state index in [1.54, 1.807) is 7.11 Å². The van der Waals surface area contributed by atoms with Crippen molar-refractivity contribution in [3.8, 4) is 5.75 Å². The Hall–Kier alpha value is -1.32. The van der Waals surface area contributed by atoms with Gasteiger partial charge in [0.05, 0.1) is 7.11 Å². The number of benzene rings is 2. The van der Waals surface area contributed by atoms with E-state index in [0.29, 0.717) is 0 Å². The van der Waals surface area contributed by atoms with Crippen molar-refractivity contribution >= 4 is 26.7 Å². The van der Waals surface area contributed by atoms with Crippen LogP contribution in [0.1, 0.15) is 5.56 Å². The summed E-state index contributed by atoms with van der Waals surface area (Å²) < 4.78 is 6.38. The normalized spacial score (nSPS) is 10.6. The van der Waals surface area contributed by atoms with E-state index in [-0.39, 0.29) is 0 Å². The highest BCUT2D eigenvalue weighted by Gasteiger charge is 2.07. The Kier molecular flexibility index (Phi) is 4.39. The summed E-state index contributed by atoms with van der Waals surface area (Å²) >= 11 is 3.35. The lowest BCUT2D eigenvalue weighted by molar-refractivity contribution is 0.409. The van der Waals surface area contributed by atoms with Crippen molar-refractivity contribution in [3.05, 3.63) is 53.0 Å². The first kappa shape index (κ1) is 13.1. The third kappa shape index (κ3) is 2.92. The summed E-state index contributed by atoms with van der Waals surface area (Å²) in [6.07, 6.45) is 0. The second kappa shape index (κ2) is 6.03. The molecule has 0 aromatic heterocycles. The molecule has 94 valence electrons. The Bertz CT molecular complexity index is 565. The topological polar surface area (TPSA) is 21.3 Å². The first-order chi connectivity index (χ1) is 8.72. The zero-order chi connectivity index (χ0) is 13.0. The minimum Gasteiger partial charge on any atom is -0.496 e. The minimum absolute atomic E-state index is 0.742. The third-order valence-electron chi connectivity index (χ3n) is 2.84. The second-order valence-electron chi connectivity index (χ2n) is 4.09. The Morgan fingerprint density at radius 3 is 2.78 bits per heavy atom. The van der Waals surface area contributed by atoms with E-state index in [2.05, 4.69) is 52.1 Å². The Morgan fingerprint density at radius 2 is 2.06 bits per heavy atom. The average Bonchev–Trinajstić information content (AvgIpc) is 2.38. The molecule has 0 radical (unpaired) electrons. The first-order valence-corrected chi connectivity index (χ1v) is 6.60. The van der Waals surface area contributed by atoms with Crippen LogP contribution >= 0.6 is 15.9 Å². The maximum Gasteiger partial charge on any atom is 0.123 e. The molecule has 18 heavy (non-hydrogen) atoms. The number of fused-ring (bicyclic) bond motifs is 1. The smallest absolute Gasteiger partial charge is 0.123 e. The summed E-state index contributed by atoms with van der Waals surface area (Å²) in [7, 11) is 1.71. The lowest BCUT2D eigenvalue weighted by Crippen LogP contribution is -2.15. The number of ether oxygens (including phenoxy) is 1. The van der Waals surface area contributed by atoms with Crippen LogP contribution in [-0.4, -0.2) is 13.7 Å². The van der Waals surface area contributed by atoms with Crippen molar-refractivity contribution in [1.29, 1.82) is 0 Å². The van der Waals surface area contributed by atoms with E-state index >= 15 is 0 Å². The molecule has 2 aromatic carbocycles. The molecule has 2 aromatic rings. The fourth-order valence-corrected chi connectivity index (χ4v) is 2.21. The fourth-order valence-electron chi connectivity index (χ4n) is 2.01. The standard InChI is InChI=1S/C15H16BrNO/c1-11(16)9-17-10-14-13-6-4-3-5-12(13)7-8-15(14)18-2/h3-8,17H,1,9-10H2,2H3. The van der Waals surface area contributed by atoms with Gasteiger partial charge < -0.3 is 10.1 Å². The molecule has 0 fully saturated rings. The summed E-state index contributed by atoms with van der Waals surface area (Å²) in [5.74, 6) is 0.918. The van der Waals surface area contributed by atoms with Crippen molar-refractivity contribution in [3.63, 3.8) is 0 Å². The van der Waals surface area contributed by atoms with Crippen molar-refractivity contribution in [2.45, 2.75) is 6.54 Å². The molecule has 0 atom stereocenters. The molecule has 0 heterocycles. The number of halogens is 1. The lowest BCUT2D eigenvalue weighted by atomic mass is 10.0. The quantitative estimate of drug-likeness (QED) is 0.906. The molecule has 1 N–H and O–H groups in total. The van der Waals surface area contributed by atoms with Crippen LogP contribution in [0.5, 0.6) is 5.75 Å². The molecule has 0 aliphatic carbocycles. The second-order valence-corrected chi connectivity index (χ2v) is 5.21. The summed E-state index contributed by atoms with van der Waals surface area (Å²) in [6.45, 7) is 5.32. The Labute approximate surface area is 116 Å². The van der Waals surface area contributed by atoms with Gasteiger partial charge in [0.15, 0.2) is 0 Å². The van der Waals surface area contributed by atoms with Crippen LogP contribution in [-0.2, 0) is 6.54 Å². The van der Waals surface area contributed by atoms with Gasteiger partial charge in [0.2, 0.25) is 0 Å². The molecule has 0 unspecified atom stereocenters. The summed E-state index contributed by atoms with van der Waals surface area (Å²) in [5, 5.41) is 5.80. The highest BCUT2D eigenvalue weighted by atomic mass is 79.9. The molecule has 0 saturated carbocycles. The van der Waals surface area contributed by atoms with Crippen LogP contribution in [0.4, 0.5) is 0 Å². The Balaban J connectivity index is 2.35. The van der Waals surface area contributed by atoms with E-state index in [9.17, 15) is 0 Å². The number of nitrogens with one attached hydrogen (secondary N) is 1. The van der Waals surface area contributed by atoms with E-state index < -0.39 is 0 Å². The van der Waals surface area contributed by atoms with Gasteiger partial charge in [-0.25, -0.2) is 0 Å². The van der Waals surface area contributed by atoms with Crippen LogP contribution in [0.2, 0.25) is 0 Å². The number of hydrogen-bond acceptors (Lipinski definition) is 2. The minimum atomic E-state index is 0.742. The van der Waals surface area contributed by atoms with Gasteiger partial charge in [-0.1, -0.05) is 52.8 Å². The van der Waals surface area contributed by atoms with Gasteiger partial charge in [-0.3, -0.25) is 0 Å². The van der Waals surface area contributed by atoms with Gasteiger partial charge in [0, 0.05) is 23.1 Å². The van der Waals surface area contributed by atoms with E-state index in [1.807, 2.05) is 12.1 Å².